The van der Waals surface area contributed by atoms with E-state index in [1.807, 2.05) is 11.8 Å². The normalized spacial score (nSPS) is 24.3. The molecule has 0 spiro atoms. The standard InChI is InChI=1S/C7H8SSe/c1-5-2-8-7-4-9-3-6(5)7/h3-5H,2H2,1H3. The van der Waals surface area contributed by atoms with Crippen molar-refractivity contribution in [1.82, 2.24) is 0 Å². The number of thioether (sulfide) groups is 1. The van der Waals surface area contributed by atoms with Gasteiger partial charge < -0.3 is 0 Å². The van der Waals surface area contributed by atoms with Gasteiger partial charge >= 0.3 is 65.2 Å². The molecule has 0 nitrogen and oxygen atoms in total. The van der Waals surface area contributed by atoms with Crippen LogP contribution in [0.1, 0.15) is 18.4 Å². The van der Waals surface area contributed by atoms with Crippen molar-refractivity contribution in [3.8, 4) is 0 Å². The van der Waals surface area contributed by atoms with Gasteiger partial charge in [0.2, 0.25) is 0 Å². The number of hydrogen-bond donors (Lipinski definition) is 0. The number of fused-ring (bicyclic) bond motifs is 1. The summed E-state index contributed by atoms with van der Waals surface area (Å²) >= 11 is 2.73. The molecular weight excluding hydrogens is 195 g/mol. The van der Waals surface area contributed by atoms with Crippen molar-refractivity contribution in [3.05, 3.63) is 15.4 Å². The van der Waals surface area contributed by atoms with Gasteiger partial charge in [0.1, 0.15) is 0 Å². The van der Waals surface area contributed by atoms with E-state index in [2.05, 4.69) is 16.8 Å². The van der Waals surface area contributed by atoms with Crippen LogP contribution in [0.15, 0.2) is 14.8 Å². The average molecular weight is 203 g/mol. The predicted molar refractivity (Wildman–Crippen MR) is 42.5 cm³/mol. The molecule has 2 rings (SSSR count). The van der Waals surface area contributed by atoms with E-state index < -0.39 is 0 Å². The van der Waals surface area contributed by atoms with Gasteiger partial charge in [-0.3, -0.25) is 0 Å². The van der Waals surface area contributed by atoms with Crippen LogP contribution in [-0.4, -0.2) is 20.3 Å². The Labute approximate surface area is 65.4 Å². The number of hydrogen-bond acceptors (Lipinski definition) is 1. The molecule has 0 saturated carbocycles. The van der Waals surface area contributed by atoms with Crippen molar-refractivity contribution >= 4 is 26.3 Å². The van der Waals surface area contributed by atoms with Crippen LogP contribution < -0.4 is 0 Å². The van der Waals surface area contributed by atoms with Crippen molar-refractivity contribution in [3.63, 3.8) is 0 Å². The minimum absolute atomic E-state index is 0.701. The van der Waals surface area contributed by atoms with Gasteiger partial charge in [0.15, 0.2) is 0 Å². The Balaban J connectivity index is 2.49. The van der Waals surface area contributed by atoms with Crippen molar-refractivity contribution < 1.29 is 0 Å². The molecule has 0 saturated heterocycles. The van der Waals surface area contributed by atoms with E-state index >= 15 is 0 Å². The second-order valence-electron chi connectivity index (χ2n) is 2.40. The first-order chi connectivity index (χ1) is 4.38. The van der Waals surface area contributed by atoms with Gasteiger partial charge in [-0.05, 0) is 0 Å². The topological polar surface area (TPSA) is 0 Å². The SMILES string of the molecule is CC1CSc2c[se]cc21. The van der Waals surface area contributed by atoms with E-state index in [-0.39, 0.29) is 0 Å². The molecule has 1 aliphatic heterocycles. The molecule has 9 heavy (non-hydrogen) atoms. The third kappa shape index (κ3) is 0.899. The van der Waals surface area contributed by atoms with Gasteiger partial charge in [-0.2, -0.15) is 0 Å². The second-order valence-corrected chi connectivity index (χ2v) is 5.03. The first kappa shape index (κ1) is 6.09. The van der Waals surface area contributed by atoms with Crippen LogP contribution in [0.4, 0.5) is 0 Å². The second kappa shape index (κ2) is 2.19. The Bertz CT molecular complexity index is 216. The zero-order valence-electron chi connectivity index (χ0n) is 5.26. The molecule has 0 aromatic carbocycles. The molecule has 2 heterocycles. The summed E-state index contributed by atoms with van der Waals surface area (Å²) in [4.78, 5) is 6.41. The molecule has 0 fully saturated rings. The van der Waals surface area contributed by atoms with Crippen LogP contribution >= 0.6 is 11.8 Å². The molecule has 1 aromatic rings. The molecule has 0 radical (unpaired) electrons. The molecule has 1 aliphatic rings. The minimum atomic E-state index is 0.701. The summed E-state index contributed by atoms with van der Waals surface area (Å²) in [5.74, 6) is 2.15. The zero-order chi connectivity index (χ0) is 6.27. The maximum atomic E-state index is 2.42. The summed E-state index contributed by atoms with van der Waals surface area (Å²) in [7, 11) is 0. The quantitative estimate of drug-likeness (QED) is 0.581. The van der Waals surface area contributed by atoms with Crippen molar-refractivity contribution in [2.75, 3.05) is 5.75 Å². The van der Waals surface area contributed by atoms with E-state index in [1.165, 1.54) is 5.75 Å². The Morgan fingerprint density at radius 3 is 3.33 bits per heavy atom. The summed E-state index contributed by atoms with van der Waals surface area (Å²) in [5, 5.41) is 0. The fourth-order valence-corrected chi connectivity index (χ4v) is 4.81. The Morgan fingerprint density at radius 2 is 2.56 bits per heavy atom. The Kier molecular flexibility index (Phi) is 1.48. The molecule has 0 amide bonds. The van der Waals surface area contributed by atoms with Crippen LogP contribution in [0, 0.1) is 0 Å². The fourth-order valence-electron chi connectivity index (χ4n) is 1.08. The van der Waals surface area contributed by atoms with Crippen LogP contribution in [0.25, 0.3) is 0 Å². The van der Waals surface area contributed by atoms with Crippen LogP contribution in [0.5, 0.6) is 0 Å². The molecule has 1 atom stereocenters. The van der Waals surface area contributed by atoms with Crippen LogP contribution in [0.2, 0.25) is 0 Å². The van der Waals surface area contributed by atoms with E-state index in [0.29, 0.717) is 14.5 Å². The van der Waals surface area contributed by atoms with Crippen LogP contribution in [0.3, 0.4) is 0 Å². The van der Waals surface area contributed by atoms with Gasteiger partial charge in [0.25, 0.3) is 0 Å². The Hall–Kier alpha value is 0.349. The molecule has 0 N–H and O–H groups in total. The van der Waals surface area contributed by atoms with Crippen molar-refractivity contribution in [1.29, 1.82) is 0 Å². The number of rotatable bonds is 0. The van der Waals surface area contributed by atoms with Gasteiger partial charge in [-0.15, -0.1) is 0 Å². The fraction of sp³-hybridized carbons (Fsp3) is 0.429. The maximum absolute atomic E-state index is 2.42. The van der Waals surface area contributed by atoms with Crippen LogP contribution in [-0.2, 0) is 0 Å². The van der Waals surface area contributed by atoms with Gasteiger partial charge in [0.05, 0.1) is 0 Å². The third-order valence-electron chi connectivity index (χ3n) is 1.67. The summed E-state index contributed by atoms with van der Waals surface area (Å²) in [6.45, 7) is 2.32. The van der Waals surface area contributed by atoms with E-state index in [4.69, 9.17) is 0 Å². The molecule has 0 bridgehead atoms. The first-order valence-corrected chi connectivity index (χ1v) is 6.03. The van der Waals surface area contributed by atoms with E-state index in [9.17, 15) is 0 Å². The predicted octanol–water partition coefficient (Wildman–Crippen LogP) is 1.95. The molecule has 1 unspecified atom stereocenters. The van der Waals surface area contributed by atoms with Gasteiger partial charge in [0, 0.05) is 0 Å². The average Bonchev–Trinajstić information content (AvgIpc) is 2.35. The van der Waals surface area contributed by atoms with E-state index in [1.54, 1.807) is 10.5 Å². The zero-order valence-corrected chi connectivity index (χ0v) is 7.79. The molecule has 2 heteroatoms. The molecule has 48 valence electrons. The summed E-state index contributed by atoms with van der Waals surface area (Å²) in [6, 6.07) is 0. The summed E-state index contributed by atoms with van der Waals surface area (Å²) in [6.07, 6.45) is 0. The summed E-state index contributed by atoms with van der Waals surface area (Å²) in [5.41, 5.74) is 1.64. The van der Waals surface area contributed by atoms with Gasteiger partial charge in [-0.1, -0.05) is 0 Å². The molecular formula is C7H8SSe. The third-order valence-corrected chi connectivity index (χ3v) is 4.94. The molecule has 0 aliphatic carbocycles. The summed E-state index contributed by atoms with van der Waals surface area (Å²) < 4.78 is 0. The first-order valence-electron chi connectivity index (χ1n) is 3.07. The van der Waals surface area contributed by atoms with E-state index in [0.717, 1.165) is 5.92 Å². The molecule has 1 aromatic heterocycles. The monoisotopic (exact) mass is 204 g/mol. The van der Waals surface area contributed by atoms with Crippen molar-refractivity contribution in [2.45, 2.75) is 17.7 Å². The Morgan fingerprint density at radius 1 is 1.67 bits per heavy atom. The van der Waals surface area contributed by atoms with Gasteiger partial charge in [-0.25, -0.2) is 0 Å². The van der Waals surface area contributed by atoms with Crippen molar-refractivity contribution in [2.24, 2.45) is 0 Å².